The van der Waals surface area contributed by atoms with E-state index in [1.165, 1.54) is 0 Å². The highest BCUT2D eigenvalue weighted by atomic mass is 32.2. The fraction of sp³-hybridized carbons (Fsp3) is 0.286. The van der Waals surface area contributed by atoms with Gasteiger partial charge in [0.25, 0.3) is 0 Å². The van der Waals surface area contributed by atoms with Crippen LogP contribution < -0.4 is 5.32 Å². The molecule has 0 aliphatic rings. The number of urea groups is 1. The molecule has 0 aliphatic heterocycles. The van der Waals surface area contributed by atoms with Crippen molar-refractivity contribution in [2.45, 2.75) is 18.4 Å². The van der Waals surface area contributed by atoms with Crippen LogP contribution in [0.1, 0.15) is 11.5 Å². The Morgan fingerprint density at radius 1 is 1.45 bits per heavy atom. The third-order valence-corrected chi connectivity index (χ3v) is 3.57. The lowest BCUT2D eigenvalue weighted by Crippen LogP contribution is -2.31. The molecule has 0 unspecified atom stereocenters. The molecule has 0 atom stereocenters. The van der Waals surface area contributed by atoms with E-state index in [0.29, 0.717) is 6.54 Å². The predicted molar refractivity (Wildman–Crippen MR) is 79.9 cm³/mol. The maximum absolute atomic E-state index is 12.1. The minimum atomic E-state index is -0.174. The van der Waals surface area contributed by atoms with E-state index >= 15 is 0 Å². The van der Waals surface area contributed by atoms with Crippen molar-refractivity contribution in [2.24, 2.45) is 0 Å². The summed E-state index contributed by atoms with van der Waals surface area (Å²) in [4.78, 5) is 14.7. The summed E-state index contributed by atoms with van der Waals surface area (Å²) in [5.74, 6) is 0.738. The number of aromatic nitrogens is 1. The van der Waals surface area contributed by atoms with E-state index in [4.69, 9.17) is 4.52 Å². The van der Waals surface area contributed by atoms with Gasteiger partial charge in [-0.15, -0.1) is 11.8 Å². The number of hydrogen-bond donors (Lipinski definition) is 1. The van der Waals surface area contributed by atoms with E-state index in [-0.39, 0.29) is 6.03 Å². The number of carbonyl (C=O) groups is 1. The van der Waals surface area contributed by atoms with Crippen LogP contribution in [0.2, 0.25) is 0 Å². The van der Waals surface area contributed by atoms with Crippen LogP contribution in [-0.2, 0) is 6.54 Å². The third-order valence-electron chi connectivity index (χ3n) is 2.77. The number of amides is 2. The normalized spacial score (nSPS) is 10.3. The van der Waals surface area contributed by atoms with Crippen molar-refractivity contribution in [1.29, 1.82) is 0 Å². The van der Waals surface area contributed by atoms with Gasteiger partial charge in [0.1, 0.15) is 11.5 Å². The largest absolute Gasteiger partial charge is 0.361 e. The zero-order chi connectivity index (χ0) is 14.5. The first-order chi connectivity index (χ1) is 9.60. The quantitative estimate of drug-likeness (QED) is 0.877. The lowest BCUT2D eigenvalue weighted by Gasteiger charge is -2.17. The fourth-order valence-corrected chi connectivity index (χ4v) is 2.32. The van der Waals surface area contributed by atoms with Gasteiger partial charge in [-0.2, -0.15) is 0 Å². The monoisotopic (exact) mass is 291 g/mol. The topological polar surface area (TPSA) is 58.4 Å². The van der Waals surface area contributed by atoms with Gasteiger partial charge in [-0.25, -0.2) is 4.79 Å². The fourth-order valence-electron chi connectivity index (χ4n) is 1.77. The number of aryl methyl sites for hydroxylation is 1. The molecule has 2 amide bonds. The molecule has 1 aromatic heterocycles. The van der Waals surface area contributed by atoms with Crippen LogP contribution in [-0.4, -0.2) is 29.4 Å². The molecule has 6 heteroatoms. The smallest absolute Gasteiger partial charge is 0.321 e. The first-order valence-electron chi connectivity index (χ1n) is 6.17. The number of thioether (sulfide) groups is 1. The van der Waals surface area contributed by atoms with Crippen LogP contribution >= 0.6 is 11.8 Å². The first-order valence-corrected chi connectivity index (χ1v) is 7.40. The van der Waals surface area contributed by atoms with Gasteiger partial charge in [0.05, 0.1) is 12.2 Å². The van der Waals surface area contributed by atoms with Crippen LogP contribution in [0, 0.1) is 6.92 Å². The Labute approximate surface area is 122 Å². The minimum absolute atomic E-state index is 0.174. The number of benzene rings is 1. The zero-order valence-electron chi connectivity index (χ0n) is 11.7. The van der Waals surface area contributed by atoms with Crippen molar-refractivity contribution in [3.8, 4) is 0 Å². The second-order valence-electron chi connectivity index (χ2n) is 4.42. The number of rotatable bonds is 4. The first kappa shape index (κ1) is 14.5. The number of carbonyl (C=O) groups excluding carboxylic acids is 1. The van der Waals surface area contributed by atoms with Crippen molar-refractivity contribution in [3.63, 3.8) is 0 Å². The molecule has 5 nitrogen and oxygen atoms in total. The number of anilines is 1. The van der Waals surface area contributed by atoms with Crippen LogP contribution in [0.5, 0.6) is 0 Å². The molecule has 20 heavy (non-hydrogen) atoms. The van der Waals surface area contributed by atoms with E-state index in [1.54, 1.807) is 23.7 Å². The second kappa shape index (κ2) is 6.47. The summed E-state index contributed by atoms with van der Waals surface area (Å²) in [6, 6.07) is 9.35. The molecule has 0 saturated heterocycles. The van der Waals surface area contributed by atoms with Gasteiger partial charge in [0.15, 0.2) is 0 Å². The van der Waals surface area contributed by atoms with Crippen LogP contribution in [0.25, 0.3) is 0 Å². The summed E-state index contributed by atoms with van der Waals surface area (Å²) < 4.78 is 4.99. The molecule has 0 aliphatic carbocycles. The van der Waals surface area contributed by atoms with Crippen molar-refractivity contribution < 1.29 is 9.32 Å². The number of nitrogens with one attached hydrogen (secondary N) is 1. The Balaban J connectivity index is 2.00. The Bertz CT molecular complexity index is 598. The SMILES string of the molecule is CSc1ccccc1NC(=O)N(C)Cc1cc(C)on1. The third kappa shape index (κ3) is 3.54. The summed E-state index contributed by atoms with van der Waals surface area (Å²) in [7, 11) is 1.72. The summed E-state index contributed by atoms with van der Waals surface area (Å²) in [6.07, 6.45) is 1.98. The molecule has 0 radical (unpaired) electrons. The zero-order valence-corrected chi connectivity index (χ0v) is 12.5. The van der Waals surface area contributed by atoms with Gasteiger partial charge in [0, 0.05) is 18.0 Å². The van der Waals surface area contributed by atoms with Gasteiger partial charge in [-0.3, -0.25) is 0 Å². The maximum atomic E-state index is 12.1. The lowest BCUT2D eigenvalue weighted by molar-refractivity contribution is 0.219. The molecule has 0 spiro atoms. The molecule has 1 aromatic carbocycles. The average Bonchev–Trinajstić information content (AvgIpc) is 2.84. The van der Waals surface area contributed by atoms with Crippen LogP contribution in [0.4, 0.5) is 10.5 Å². The van der Waals surface area contributed by atoms with Crippen LogP contribution in [0.3, 0.4) is 0 Å². The van der Waals surface area contributed by atoms with E-state index in [0.717, 1.165) is 22.0 Å². The van der Waals surface area contributed by atoms with E-state index in [9.17, 15) is 4.79 Å². The summed E-state index contributed by atoms with van der Waals surface area (Å²) >= 11 is 1.60. The summed E-state index contributed by atoms with van der Waals surface area (Å²) in [6.45, 7) is 2.23. The van der Waals surface area contributed by atoms with E-state index < -0.39 is 0 Å². The van der Waals surface area contributed by atoms with Gasteiger partial charge >= 0.3 is 6.03 Å². The Morgan fingerprint density at radius 3 is 2.85 bits per heavy atom. The van der Waals surface area contributed by atoms with Gasteiger partial charge in [-0.1, -0.05) is 17.3 Å². The lowest BCUT2D eigenvalue weighted by atomic mass is 10.3. The molecule has 106 valence electrons. The van der Waals surface area contributed by atoms with Crippen molar-refractivity contribution in [2.75, 3.05) is 18.6 Å². The van der Waals surface area contributed by atoms with E-state index in [1.807, 2.05) is 43.5 Å². The highest BCUT2D eigenvalue weighted by Crippen LogP contribution is 2.24. The molecule has 1 N–H and O–H groups in total. The highest BCUT2D eigenvalue weighted by Gasteiger charge is 2.13. The van der Waals surface area contributed by atoms with Gasteiger partial charge in [0.2, 0.25) is 0 Å². The predicted octanol–water partition coefficient (Wildman–Crippen LogP) is 3.37. The minimum Gasteiger partial charge on any atom is -0.361 e. The average molecular weight is 291 g/mol. The molecule has 2 rings (SSSR count). The standard InChI is InChI=1S/C14H17N3O2S/c1-10-8-11(16-19-10)9-17(2)14(18)15-12-6-4-5-7-13(12)20-3/h4-8H,9H2,1-3H3,(H,15,18). The van der Waals surface area contributed by atoms with E-state index in [2.05, 4.69) is 10.5 Å². The second-order valence-corrected chi connectivity index (χ2v) is 5.26. The molecule has 0 saturated carbocycles. The number of nitrogens with zero attached hydrogens (tertiary/aromatic N) is 2. The van der Waals surface area contributed by atoms with Crippen molar-refractivity contribution in [1.82, 2.24) is 10.1 Å². The molecular formula is C14H17N3O2S. The Hall–Kier alpha value is -1.95. The maximum Gasteiger partial charge on any atom is 0.321 e. The van der Waals surface area contributed by atoms with Crippen LogP contribution in [0.15, 0.2) is 39.8 Å². The Kier molecular flexibility index (Phi) is 4.68. The molecule has 2 aromatic rings. The Morgan fingerprint density at radius 2 is 2.20 bits per heavy atom. The number of para-hydroxylation sites is 1. The van der Waals surface area contributed by atoms with Gasteiger partial charge < -0.3 is 14.7 Å². The molecule has 0 fully saturated rings. The summed E-state index contributed by atoms with van der Waals surface area (Å²) in [5.41, 5.74) is 1.55. The summed E-state index contributed by atoms with van der Waals surface area (Å²) in [5, 5.41) is 6.77. The van der Waals surface area contributed by atoms with Crippen molar-refractivity contribution in [3.05, 3.63) is 41.8 Å². The highest BCUT2D eigenvalue weighted by molar-refractivity contribution is 7.98. The van der Waals surface area contributed by atoms with Crippen molar-refractivity contribution >= 4 is 23.5 Å². The molecule has 0 bridgehead atoms. The number of hydrogen-bond acceptors (Lipinski definition) is 4. The molecule has 1 heterocycles. The molecular weight excluding hydrogens is 274 g/mol. The van der Waals surface area contributed by atoms with Gasteiger partial charge in [-0.05, 0) is 25.3 Å².